The number of carbonyl (C=O) groups excluding carboxylic acids is 2. The zero-order chi connectivity index (χ0) is 22.3. The number of amides is 2. The number of nitrogens with one attached hydrogen (secondary N) is 2. The summed E-state index contributed by atoms with van der Waals surface area (Å²) in [5.74, 6) is 0.663. The van der Waals surface area contributed by atoms with Crippen molar-refractivity contribution in [3.63, 3.8) is 0 Å². The molecule has 3 atom stereocenters. The molecule has 0 aromatic heterocycles. The molecule has 4 N–H and O–H groups in total. The van der Waals surface area contributed by atoms with Gasteiger partial charge in [0, 0.05) is 17.6 Å². The molecule has 0 heterocycles. The van der Waals surface area contributed by atoms with E-state index in [4.69, 9.17) is 10.5 Å². The third-order valence-electron chi connectivity index (χ3n) is 6.56. The molecule has 3 unspecified atom stereocenters. The van der Waals surface area contributed by atoms with Crippen molar-refractivity contribution in [3.05, 3.63) is 65.7 Å². The maximum Gasteiger partial charge on any atom is 0.408 e. The zero-order valence-electron chi connectivity index (χ0n) is 18.5. The van der Waals surface area contributed by atoms with Crippen LogP contribution in [0, 0.1) is 5.92 Å². The van der Waals surface area contributed by atoms with Gasteiger partial charge in [0.05, 0.1) is 0 Å². The fraction of sp³-hybridized carbons (Fsp3) is 0.462. The van der Waals surface area contributed by atoms with Gasteiger partial charge in [0.2, 0.25) is 5.91 Å². The van der Waals surface area contributed by atoms with E-state index in [2.05, 4.69) is 10.6 Å². The molecule has 2 aliphatic carbocycles. The van der Waals surface area contributed by atoms with Crippen LogP contribution in [-0.2, 0) is 16.1 Å². The fourth-order valence-corrected chi connectivity index (χ4v) is 4.54. The summed E-state index contributed by atoms with van der Waals surface area (Å²) in [6.45, 7) is 0.176. The lowest BCUT2D eigenvalue weighted by Crippen LogP contribution is -2.45. The lowest BCUT2D eigenvalue weighted by Gasteiger charge is -2.26. The highest BCUT2D eigenvalue weighted by Gasteiger charge is 2.34. The van der Waals surface area contributed by atoms with E-state index < -0.39 is 12.1 Å². The molecular weight excluding hydrogens is 402 g/mol. The van der Waals surface area contributed by atoms with Gasteiger partial charge < -0.3 is 21.1 Å². The van der Waals surface area contributed by atoms with E-state index in [0.29, 0.717) is 18.3 Å². The van der Waals surface area contributed by atoms with Gasteiger partial charge in [-0.2, -0.15) is 0 Å². The van der Waals surface area contributed by atoms with E-state index in [1.54, 1.807) is 0 Å². The number of rotatable bonds is 8. The highest BCUT2D eigenvalue weighted by atomic mass is 16.5. The summed E-state index contributed by atoms with van der Waals surface area (Å²) in [4.78, 5) is 25.5. The van der Waals surface area contributed by atoms with Crippen LogP contribution in [0.15, 0.2) is 54.6 Å². The summed E-state index contributed by atoms with van der Waals surface area (Å²) in [5.41, 5.74) is 8.77. The molecule has 0 saturated heterocycles. The predicted octanol–water partition coefficient (Wildman–Crippen LogP) is 4.71. The average Bonchev–Trinajstić information content (AvgIpc) is 3.55. The molecule has 2 saturated carbocycles. The van der Waals surface area contributed by atoms with E-state index in [-0.39, 0.29) is 18.6 Å². The summed E-state index contributed by atoms with van der Waals surface area (Å²) in [7, 11) is 0. The molecule has 4 rings (SSSR count). The second kappa shape index (κ2) is 10.6. The Morgan fingerprint density at radius 1 is 1.00 bits per heavy atom. The monoisotopic (exact) mass is 435 g/mol. The molecular formula is C26H33N3O3. The van der Waals surface area contributed by atoms with Crippen molar-refractivity contribution in [3.8, 4) is 0 Å². The minimum atomic E-state index is -0.627. The van der Waals surface area contributed by atoms with Crippen LogP contribution in [0.4, 0.5) is 10.5 Å². The summed E-state index contributed by atoms with van der Waals surface area (Å²) >= 11 is 0. The van der Waals surface area contributed by atoms with E-state index in [1.165, 1.54) is 24.8 Å². The molecule has 170 valence electrons. The molecule has 0 bridgehead atoms. The largest absolute Gasteiger partial charge is 0.445 e. The normalized spacial score (nSPS) is 21.4. The number of hydrogen-bond acceptors (Lipinski definition) is 4. The number of hydrogen-bond donors (Lipinski definition) is 3. The summed E-state index contributed by atoms with van der Waals surface area (Å²) in [6, 6.07) is 17.0. The van der Waals surface area contributed by atoms with Crippen molar-refractivity contribution in [1.82, 2.24) is 5.32 Å². The third kappa shape index (κ3) is 6.33. The topological polar surface area (TPSA) is 93.5 Å². The first kappa shape index (κ1) is 22.3. The molecule has 0 aliphatic heterocycles. The Hall–Kier alpha value is -2.86. The molecule has 6 nitrogen and oxygen atoms in total. The number of anilines is 1. The van der Waals surface area contributed by atoms with E-state index in [1.807, 2.05) is 54.6 Å². The van der Waals surface area contributed by atoms with Gasteiger partial charge in [-0.3, -0.25) is 4.79 Å². The summed E-state index contributed by atoms with van der Waals surface area (Å²) < 4.78 is 5.37. The number of benzene rings is 2. The van der Waals surface area contributed by atoms with Crippen molar-refractivity contribution in [2.24, 2.45) is 11.7 Å². The van der Waals surface area contributed by atoms with Gasteiger partial charge in [-0.25, -0.2) is 4.79 Å². The number of ether oxygens (including phenoxy) is 1. The van der Waals surface area contributed by atoms with Gasteiger partial charge in [0.1, 0.15) is 12.6 Å². The van der Waals surface area contributed by atoms with Gasteiger partial charge in [-0.05, 0) is 42.0 Å². The second-order valence-electron chi connectivity index (χ2n) is 9.12. The highest BCUT2D eigenvalue weighted by molar-refractivity contribution is 5.96. The molecule has 2 aliphatic rings. The molecule has 2 aromatic carbocycles. The third-order valence-corrected chi connectivity index (χ3v) is 6.56. The number of nitrogens with two attached hydrogens (primary N) is 1. The number of alkyl carbamates (subject to hydrolysis) is 1. The maximum atomic E-state index is 13.1. The molecule has 0 spiro atoms. The van der Waals surface area contributed by atoms with Crippen LogP contribution >= 0.6 is 0 Å². The summed E-state index contributed by atoms with van der Waals surface area (Å²) in [5, 5.41) is 5.78. The molecule has 0 radical (unpaired) electrons. The molecule has 6 heteroatoms. The SMILES string of the molecule is NC1CC1c1ccc(NC(=O)C(CC2CCCCC2)NC(=O)OCc2ccccc2)cc1. The standard InChI is InChI=1S/C26H33N3O3/c27-23-16-22(23)20-11-13-21(14-12-20)28-25(30)24(15-18-7-3-1-4-8-18)29-26(31)32-17-19-9-5-2-6-10-19/h2,5-6,9-14,18,22-24H,1,3-4,7-8,15-17,27H2,(H,28,30)(H,29,31). The van der Waals surface area contributed by atoms with E-state index in [9.17, 15) is 9.59 Å². The van der Waals surface area contributed by atoms with Crippen LogP contribution in [0.2, 0.25) is 0 Å². The first-order chi connectivity index (χ1) is 15.6. The molecule has 32 heavy (non-hydrogen) atoms. The molecule has 2 amide bonds. The van der Waals surface area contributed by atoms with Crippen LogP contribution in [0.3, 0.4) is 0 Å². The van der Waals surface area contributed by atoms with Gasteiger partial charge in [0.15, 0.2) is 0 Å². The Balaban J connectivity index is 1.36. The fourth-order valence-electron chi connectivity index (χ4n) is 4.54. The minimum Gasteiger partial charge on any atom is -0.445 e. The van der Waals surface area contributed by atoms with Crippen molar-refractivity contribution < 1.29 is 14.3 Å². The first-order valence-electron chi connectivity index (χ1n) is 11.7. The summed E-state index contributed by atoms with van der Waals surface area (Å²) in [6.07, 6.45) is 6.89. The zero-order valence-corrected chi connectivity index (χ0v) is 18.5. The first-order valence-corrected chi connectivity index (χ1v) is 11.7. The Morgan fingerprint density at radius 2 is 1.69 bits per heavy atom. The predicted molar refractivity (Wildman–Crippen MR) is 125 cm³/mol. The van der Waals surface area contributed by atoms with Crippen molar-refractivity contribution in [2.45, 2.75) is 69.6 Å². The quantitative estimate of drug-likeness (QED) is 0.560. The van der Waals surface area contributed by atoms with E-state index in [0.717, 1.165) is 30.5 Å². The van der Waals surface area contributed by atoms with Gasteiger partial charge in [0.25, 0.3) is 0 Å². The number of carbonyl (C=O) groups is 2. The van der Waals surface area contributed by atoms with Gasteiger partial charge in [-0.15, -0.1) is 0 Å². The van der Waals surface area contributed by atoms with Crippen molar-refractivity contribution >= 4 is 17.7 Å². The van der Waals surface area contributed by atoms with Gasteiger partial charge in [-0.1, -0.05) is 74.6 Å². The maximum absolute atomic E-state index is 13.1. The van der Waals surface area contributed by atoms with Crippen LogP contribution in [-0.4, -0.2) is 24.1 Å². The lowest BCUT2D eigenvalue weighted by molar-refractivity contribution is -0.118. The van der Waals surface area contributed by atoms with Gasteiger partial charge >= 0.3 is 6.09 Å². The van der Waals surface area contributed by atoms with Crippen LogP contribution in [0.1, 0.15) is 62.0 Å². The molecule has 2 fully saturated rings. The Bertz CT molecular complexity index is 894. The Morgan fingerprint density at radius 3 is 2.34 bits per heavy atom. The highest BCUT2D eigenvalue weighted by Crippen LogP contribution is 2.39. The van der Waals surface area contributed by atoms with E-state index >= 15 is 0 Å². The van der Waals surface area contributed by atoms with Crippen molar-refractivity contribution in [1.29, 1.82) is 0 Å². The van der Waals surface area contributed by atoms with Crippen LogP contribution < -0.4 is 16.4 Å². The second-order valence-corrected chi connectivity index (χ2v) is 9.12. The van der Waals surface area contributed by atoms with Crippen LogP contribution in [0.5, 0.6) is 0 Å². The van der Waals surface area contributed by atoms with Crippen molar-refractivity contribution in [2.75, 3.05) is 5.32 Å². The smallest absolute Gasteiger partial charge is 0.408 e. The Kier molecular flexibility index (Phi) is 7.43. The molecule has 2 aromatic rings. The minimum absolute atomic E-state index is 0.176. The average molecular weight is 436 g/mol. The lowest BCUT2D eigenvalue weighted by atomic mass is 9.84. The Labute approximate surface area is 189 Å². The van der Waals surface area contributed by atoms with Crippen LogP contribution in [0.25, 0.3) is 0 Å².